The fraction of sp³-hybridized carbons (Fsp3) is 0.316. The van der Waals surface area contributed by atoms with Gasteiger partial charge < -0.3 is 14.8 Å². The molecule has 1 aromatic carbocycles. The van der Waals surface area contributed by atoms with Gasteiger partial charge in [0.05, 0.1) is 6.54 Å². The third kappa shape index (κ3) is 5.40. The van der Waals surface area contributed by atoms with Crippen molar-refractivity contribution in [3.05, 3.63) is 68.3 Å². The molecule has 0 amide bonds. The van der Waals surface area contributed by atoms with Crippen molar-refractivity contribution in [2.24, 2.45) is 12.0 Å². The lowest BCUT2D eigenvalue weighted by atomic mass is 10.2. The number of thiophene rings is 1. The summed E-state index contributed by atoms with van der Waals surface area (Å²) in [7, 11) is 4.01. The molecule has 0 unspecified atom stereocenters. The van der Waals surface area contributed by atoms with Crippen molar-refractivity contribution in [3.8, 4) is 0 Å². The van der Waals surface area contributed by atoms with Crippen molar-refractivity contribution in [2.45, 2.75) is 26.6 Å². The van der Waals surface area contributed by atoms with Gasteiger partial charge in [-0.15, -0.1) is 21.5 Å². The van der Waals surface area contributed by atoms with Gasteiger partial charge in [0.1, 0.15) is 12.4 Å². The topological polar surface area (TPSA) is 58.3 Å². The second-order valence-corrected chi connectivity index (χ2v) is 8.23. The quantitative estimate of drug-likeness (QED) is 0.462. The second-order valence-electron chi connectivity index (χ2n) is 6.28. The van der Waals surface area contributed by atoms with Gasteiger partial charge in [-0.1, -0.05) is 34.1 Å². The fourth-order valence-corrected chi connectivity index (χ4v) is 3.47. The standard InChI is InChI=1S/C19H23BrN6S/c1-14-23-24-18(26(14)3)12-22-19(21-11-17-5-4-10-27-17)25(2)13-15-6-8-16(20)9-7-15/h4-10H,11-13H2,1-3H3,(H,21,22). The number of hydrogen-bond acceptors (Lipinski definition) is 4. The molecular weight excluding hydrogens is 424 g/mol. The van der Waals surface area contributed by atoms with E-state index in [4.69, 9.17) is 4.99 Å². The van der Waals surface area contributed by atoms with E-state index >= 15 is 0 Å². The van der Waals surface area contributed by atoms with Crippen molar-refractivity contribution < 1.29 is 0 Å². The van der Waals surface area contributed by atoms with Crippen LogP contribution in [0.1, 0.15) is 22.1 Å². The van der Waals surface area contributed by atoms with Gasteiger partial charge in [0.2, 0.25) is 0 Å². The highest BCUT2D eigenvalue weighted by Crippen LogP contribution is 2.13. The average molecular weight is 447 g/mol. The van der Waals surface area contributed by atoms with Crippen LogP contribution in [0.15, 0.2) is 51.2 Å². The van der Waals surface area contributed by atoms with Crippen molar-refractivity contribution in [2.75, 3.05) is 7.05 Å². The third-order valence-corrected chi connectivity index (χ3v) is 5.65. The number of rotatable bonds is 6. The Labute approximate surface area is 172 Å². The van der Waals surface area contributed by atoms with E-state index in [0.717, 1.165) is 35.2 Å². The van der Waals surface area contributed by atoms with E-state index in [-0.39, 0.29) is 0 Å². The lowest BCUT2D eigenvalue weighted by Crippen LogP contribution is -2.38. The number of halogens is 1. The number of benzene rings is 1. The van der Waals surface area contributed by atoms with Crippen LogP contribution in [0.3, 0.4) is 0 Å². The van der Waals surface area contributed by atoms with E-state index in [0.29, 0.717) is 6.54 Å². The molecule has 2 aromatic heterocycles. The molecule has 0 fully saturated rings. The van der Waals surface area contributed by atoms with Crippen LogP contribution in [0.25, 0.3) is 0 Å². The zero-order chi connectivity index (χ0) is 19.2. The first-order valence-corrected chi connectivity index (χ1v) is 10.3. The zero-order valence-corrected chi connectivity index (χ0v) is 18.1. The number of aliphatic imine (C=N–C) groups is 1. The summed E-state index contributed by atoms with van der Waals surface area (Å²) in [5.74, 6) is 2.57. The zero-order valence-electron chi connectivity index (χ0n) is 15.7. The van der Waals surface area contributed by atoms with Gasteiger partial charge in [0.15, 0.2) is 11.8 Å². The van der Waals surface area contributed by atoms with Crippen molar-refractivity contribution in [3.63, 3.8) is 0 Å². The Kier molecular flexibility index (Phi) is 6.63. The van der Waals surface area contributed by atoms with Crippen LogP contribution in [0.4, 0.5) is 0 Å². The van der Waals surface area contributed by atoms with Gasteiger partial charge in [-0.2, -0.15) is 0 Å². The number of aromatic nitrogens is 3. The molecular formula is C19H23BrN6S. The molecule has 3 rings (SSSR count). The predicted molar refractivity (Wildman–Crippen MR) is 114 cm³/mol. The highest BCUT2D eigenvalue weighted by atomic mass is 79.9. The van der Waals surface area contributed by atoms with Crippen LogP contribution < -0.4 is 5.32 Å². The Morgan fingerprint density at radius 3 is 2.67 bits per heavy atom. The first-order valence-electron chi connectivity index (χ1n) is 8.64. The SMILES string of the molecule is Cc1nnc(CN=C(NCc2cccs2)N(C)Cc2ccc(Br)cc2)n1C. The first-order chi connectivity index (χ1) is 13.0. The summed E-state index contributed by atoms with van der Waals surface area (Å²) < 4.78 is 3.05. The number of guanidine groups is 1. The fourth-order valence-electron chi connectivity index (χ4n) is 2.56. The maximum absolute atomic E-state index is 4.78. The molecule has 3 aromatic rings. The van der Waals surface area contributed by atoms with E-state index in [1.165, 1.54) is 10.4 Å². The van der Waals surface area contributed by atoms with Crippen LogP contribution in [0, 0.1) is 6.92 Å². The Morgan fingerprint density at radius 1 is 1.26 bits per heavy atom. The van der Waals surface area contributed by atoms with E-state index in [1.54, 1.807) is 11.3 Å². The van der Waals surface area contributed by atoms with Crippen LogP contribution in [0.2, 0.25) is 0 Å². The molecule has 0 aliphatic carbocycles. The van der Waals surface area contributed by atoms with Gasteiger partial charge in [0.25, 0.3) is 0 Å². The molecule has 0 saturated carbocycles. The maximum Gasteiger partial charge on any atom is 0.194 e. The predicted octanol–water partition coefficient (Wildman–Crippen LogP) is 3.73. The maximum atomic E-state index is 4.78. The molecule has 0 spiro atoms. The van der Waals surface area contributed by atoms with E-state index in [2.05, 4.69) is 78.1 Å². The molecule has 0 radical (unpaired) electrons. The molecule has 8 heteroatoms. The summed E-state index contributed by atoms with van der Waals surface area (Å²) in [6.45, 7) is 3.94. The minimum atomic E-state index is 0.481. The molecule has 1 N–H and O–H groups in total. The summed E-state index contributed by atoms with van der Waals surface area (Å²) in [5.41, 5.74) is 1.22. The van der Waals surface area contributed by atoms with Crippen molar-refractivity contribution in [1.82, 2.24) is 25.0 Å². The molecule has 0 bridgehead atoms. The second kappa shape index (κ2) is 9.14. The normalized spacial score (nSPS) is 11.6. The van der Waals surface area contributed by atoms with Gasteiger partial charge >= 0.3 is 0 Å². The van der Waals surface area contributed by atoms with Crippen LogP contribution in [0.5, 0.6) is 0 Å². The average Bonchev–Trinajstić information content (AvgIpc) is 3.28. The van der Waals surface area contributed by atoms with E-state index < -0.39 is 0 Å². The molecule has 6 nitrogen and oxygen atoms in total. The van der Waals surface area contributed by atoms with Crippen LogP contribution in [-0.4, -0.2) is 32.7 Å². The lowest BCUT2D eigenvalue weighted by Gasteiger charge is -2.22. The van der Waals surface area contributed by atoms with E-state index in [1.807, 2.05) is 25.6 Å². The first kappa shape index (κ1) is 19.6. The largest absolute Gasteiger partial charge is 0.351 e. The molecule has 2 heterocycles. The van der Waals surface area contributed by atoms with Gasteiger partial charge in [-0.3, -0.25) is 0 Å². The highest BCUT2D eigenvalue weighted by Gasteiger charge is 2.10. The number of nitrogens with one attached hydrogen (secondary N) is 1. The summed E-state index contributed by atoms with van der Waals surface area (Å²) >= 11 is 5.22. The summed E-state index contributed by atoms with van der Waals surface area (Å²) in [6.07, 6.45) is 0. The minimum absolute atomic E-state index is 0.481. The van der Waals surface area contributed by atoms with Crippen LogP contribution >= 0.6 is 27.3 Å². The van der Waals surface area contributed by atoms with Crippen molar-refractivity contribution in [1.29, 1.82) is 0 Å². The molecule has 142 valence electrons. The molecule has 27 heavy (non-hydrogen) atoms. The Morgan fingerprint density at radius 2 is 2.04 bits per heavy atom. The minimum Gasteiger partial charge on any atom is -0.351 e. The lowest BCUT2D eigenvalue weighted by molar-refractivity contribution is 0.474. The van der Waals surface area contributed by atoms with Gasteiger partial charge in [-0.05, 0) is 36.1 Å². The molecule has 0 atom stereocenters. The summed E-state index contributed by atoms with van der Waals surface area (Å²) in [4.78, 5) is 8.18. The summed E-state index contributed by atoms with van der Waals surface area (Å²) in [5, 5.41) is 13.9. The smallest absolute Gasteiger partial charge is 0.194 e. The Bertz CT molecular complexity index is 886. The molecule has 0 saturated heterocycles. The monoisotopic (exact) mass is 446 g/mol. The highest BCUT2D eigenvalue weighted by molar-refractivity contribution is 9.10. The Hall–Kier alpha value is -2.19. The molecule has 0 aliphatic rings. The number of aryl methyl sites for hydroxylation is 1. The van der Waals surface area contributed by atoms with Gasteiger partial charge in [0, 0.05) is 30.0 Å². The summed E-state index contributed by atoms with van der Waals surface area (Å²) in [6, 6.07) is 12.5. The number of hydrogen-bond donors (Lipinski definition) is 1. The van der Waals surface area contributed by atoms with Crippen molar-refractivity contribution >= 4 is 33.2 Å². The number of nitrogens with zero attached hydrogens (tertiary/aromatic N) is 5. The Balaban J connectivity index is 1.73. The molecule has 0 aliphatic heterocycles. The van der Waals surface area contributed by atoms with Crippen LogP contribution in [-0.2, 0) is 26.7 Å². The van der Waals surface area contributed by atoms with Gasteiger partial charge in [-0.25, -0.2) is 4.99 Å². The third-order valence-electron chi connectivity index (χ3n) is 4.25. The van der Waals surface area contributed by atoms with E-state index in [9.17, 15) is 0 Å².